The largest absolute Gasteiger partial charge is 0.493 e. The first-order chi connectivity index (χ1) is 10.3. The number of rotatable bonds is 5. The van der Waals surface area contributed by atoms with Crippen molar-refractivity contribution in [3.05, 3.63) is 53.6 Å². The fourth-order valence-corrected chi connectivity index (χ4v) is 2.16. The summed E-state index contributed by atoms with van der Waals surface area (Å²) in [6.07, 6.45) is 1.23. The lowest BCUT2D eigenvalue weighted by molar-refractivity contribution is 0.341. The Bertz CT molecular complexity index is 691. The molecule has 0 N–H and O–H groups in total. The first-order valence-corrected chi connectivity index (χ1v) is 6.91. The Morgan fingerprint density at radius 2 is 1.81 bits per heavy atom. The van der Waals surface area contributed by atoms with Crippen LogP contribution in [0.5, 0.6) is 5.75 Å². The van der Waals surface area contributed by atoms with Gasteiger partial charge >= 0.3 is 0 Å². The maximum absolute atomic E-state index is 8.86. The van der Waals surface area contributed by atoms with Gasteiger partial charge in [0.2, 0.25) is 0 Å². The molecule has 0 unspecified atom stereocenters. The van der Waals surface area contributed by atoms with Crippen LogP contribution >= 0.6 is 0 Å². The van der Waals surface area contributed by atoms with Crippen molar-refractivity contribution in [3.8, 4) is 29.0 Å². The number of nitrogens with zero attached hydrogens (tertiary/aromatic N) is 2. The molecule has 104 valence electrons. The molecule has 0 saturated carbocycles. The van der Waals surface area contributed by atoms with E-state index in [-0.39, 0.29) is 0 Å². The molecule has 2 aromatic carbocycles. The lowest BCUT2D eigenvalue weighted by atomic mass is 10.00. The van der Waals surface area contributed by atoms with Gasteiger partial charge < -0.3 is 4.74 Å². The van der Waals surface area contributed by atoms with E-state index in [2.05, 4.69) is 12.1 Å². The summed E-state index contributed by atoms with van der Waals surface area (Å²) in [5, 5.41) is 17.5. The van der Waals surface area contributed by atoms with Gasteiger partial charge in [-0.25, -0.2) is 0 Å². The van der Waals surface area contributed by atoms with Gasteiger partial charge in [-0.15, -0.1) is 0 Å². The number of benzene rings is 2. The van der Waals surface area contributed by atoms with Crippen molar-refractivity contribution in [2.75, 3.05) is 6.61 Å². The molecule has 2 aromatic rings. The molecule has 2 rings (SSSR count). The van der Waals surface area contributed by atoms with Gasteiger partial charge in [0, 0.05) is 12.0 Å². The normalized spacial score (nSPS) is 9.67. The van der Waals surface area contributed by atoms with E-state index >= 15 is 0 Å². The Kier molecular flexibility index (Phi) is 4.96. The SMILES string of the molecule is CCOc1cc(CCC#N)ccc1-c1ccc(C#N)cc1. The minimum Gasteiger partial charge on any atom is -0.493 e. The van der Waals surface area contributed by atoms with Crippen LogP contribution in [0.4, 0.5) is 0 Å². The Hall–Kier alpha value is -2.78. The van der Waals surface area contributed by atoms with E-state index in [0.29, 0.717) is 18.6 Å². The zero-order valence-corrected chi connectivity index (χ0v) is 12.0. The molecule has 0 atom stereocenters. The Morgan fingerprint density at radius 1 is 1.05 bits per heavy atom. The lowest BCUT2D eigenvalue weighted by Gasteiger charge is -2.12. The van der Waals surface area contributed by atoms with Crippen molar-refractivity contribution in [1.82, 2.24) is 0 Å². The van der Waals surface area contributed by atoms with Crippen LogP contribution in [0.15, 0.2) is 42.5 Å². The molecule has 0 fully saturated rings. The predicted octanol–water partition coefficient (Wildman–Crippen LogP) is 4.08. The third-order valence-corrected chi connectivity index (χ3v) is 3.20. The first-order valence-electron chi connectivity index (χ1n) is 6.91. The van der Waals surface area contributed by atoms with Crippen LogP contribution in [0.1, 0.15) is 24.5 Å². The summed E-state index contributed by atoms with van der Waals surface area (Å²) in [4.78, 5) is 0. The van der Waals surface area contributed by atoms with Gasteiger partial charge in [-0.2, -0.15) is 10.5 Å². The Morgan fingerprint density at radius 3 is 2.43 bits per heavy atom. The summed E-state index contributed by atoms with van der Waals surface area (Å²) >= 11 is 0. The minimum atomic E-state index is 0.502. The monoisotopic (exact) mass is 276 g/mol. The molecule has 3 nitrogen and oxygen atoms in total. The van der Waals surface area contributed by atoms with E-state index in [1.807, 2.05) is 37.3 Å². The van der Waals surface area contributed by atoms with Gasteiger partial charge in [0.1, 0.15) is 5.75 Å². The van der Waals surface area contributed by atoms with Crippen molar-refractivity contribution in [3.63, 3.8) is 0 Å². The summed E-state index contributed by atoms with van der Waals surface area (Å²) in [6.45, 7) is 2.54. The highest BCUT2D eigenvalue weighted by atomic mass is 16.5. The van der Waals surface area contributed by atoms with E-state index in [9.17, 15) is 0 Å². The zero-order chi connectivity index (χ0) is 15.1. The zero-order valence-electron chi connectivity index (χ0n) is 12.0. The number of hydrogen-bond acceptors (Lipinski definition) is 3. The molecule has 0 aliphatic rings. The van der Waals surface area contributed by atoms with Gasteiger partial charge in [0.25, 0.3) is 0 Å². The van der Waals surface area contributed by atoms with E-state index in [1.54, 1.807) is 12.1 Å². The van der Waals surface area contributed by atoms with Gasteiger partial charge in [-0.1, -0.05) is 24.3 Å². The molecule has 0 saturated heterocycles. The number of aryl methyl sites for hydroxylation is 1. The third-order valence-electron chi connectivity index (χ3n) is 3.20. The Balaban J connectivity index is 2.37. The molecule has 0 amide bonds. The average Bonchev–Trinajstić information content (AvgIpc) is 2.53. The van der Waals surface area contributed by atoms with Crippen molar-refractivity contribution >= 4 is 0 Å². The topological polar surface area (TPSA) is 56.8 Å². The molecule has 0 bridgehead atoms. The maximum atomic E-state index is 8.86. The van der Waals surface area contributed by atoms with Gasteiger partial charge in [-0.3, -0.25) is 0 Å². The second kappa shape index (κ2) is 7.12. The molecule has 3 heteroatoms. The van der Waals surface area contributed by atoms with Crippen LogP contribution in [0.2, 0.25) is 0 Å². The van der Waals surface area contributed by atoms with Crippen LogP contribution in [0.25, 0.3) is 11.1 Å². The first kappa shape index (κ1) is 14.6. The number of ether oxygens (including phenoxy) is 1. The molecule has 0 aliphatic heterocycles. The van der Waals surface area contributed by atoms with Gasteiger partial charge in [-0.05, 0) is 42.7 Å². The molecule has 0 radical (unpaired) electrons. The molecule has 0 aliphatic carbocycles. The number of nitriles is 2. The van der Waals surface area contributed by atoms with E-state index in [1.165, 1.54) is 0 Å². The summed E-state index contributed by atoms with van der Waals surface area (Å²) < 4.78 is 5.72. The standard InChI is InChI=1S/C18H16N2O/c1-2-21-18-12-14(4-3-11-19)7-10-17(18)16-8-5-15(13-20)6-9-16/h5-10,12H,2-4H2,1H3. The van der Waals surface area contributed by atoms with Crippen LogP contribution in [-0.2, 0) is 6.42 Å². The second-order valence-corrected chi connectivity index (χ2v) is 4.61. The lowest BCUT2D eigenvalue weighted by Crippen LogP contribution is -1.96. The molecule has 21 heavy (non-hydrogen) atoms. The second-order valence-electron chi connectivity index (χ2n) is 4.61. The van der Waals surface area contributed by atoms with Crippen LogP contribution < -0.4 is 4.74 Å². The highest BCUT2D eigenvalue weighted by molar-refractivity contribution is 5.71. The van der Waals surface area contributed by atoms with E-state index in [0.717, 1.165) is 28.9 Å². The van der Waals surface area contributed by atoms with Crippen molar-refractivity contribution < 1.29 is 4.74 Å². The van der Waals surface area contributed by atoms with Crippen molar-refractivity contribution in [2.24, 2.45) is 0 Å². The fourth-order valence-electron chi connectivity index (χ4n) is 2.16. The summed E-state index contributed by atoms with van der Waals surface area (Å²) in [6, 6.07) is 17.7. The summed E-state index contributed by atoms with van der Waals surface area (Å²) in [5.41, 5.74) is 3.76. The molecular weight excluding hydrogens is 260 g/mol. The maximum Gasteiger partial charge on any atom is 0.127 e. The minimum absolute atomic E-state index is 0.502. The molecular formula is C18H16N2O. The van der Waals surface area contributed by atoms with Crippen molar-refractivity contribution in [2.45, 2.75) is 19.8 Å². The summed E-state index contributed by atoms with van der Waals surface area (Å²) in [5.74, 6) is 0.817. The highest BCUT2D eigenvalue weighted by Crippen LogP contribution is 2.31. The van der Waals surface area contributed by atoms with Gasteiger partial charge in [0.15, 0.2) is 0 Å². The van der Waals surface area contributed by atoms with Crippen molar-refractivity contribution in [1.29, 1.82) is 10.5 Å². The smallest absolute Gasteiger partial charge is 0.127 e. The van der Waals surface area contributed by atoms with Crippen LogP contribution in [0, 0.1) is 22.7 Å². The molecule has 0 aromatic heterocycles. The summed E-state index contributed by atoms with van der Waals surface area (Å²) in [7, 11) is 0. The molecule has 0 heterocycles. The predicted molar refractivity (Wildman–Crippen MR) is 81.7 cm³/mol. The quantitative estimate of drug-likeness (QED) is 0.826. The van der Waals surface area contributed by atoms with E-state index in [4.69, 9.17) is 15.3 Å². The number of hydrogen-bond donors (Lipinski definition) is 0. The molecule has 0 spiro atoms. The van der Waals surface area contributed by atoms with Crippen LogP contribution in [0.3, 0.4) is 0 Å². The van der Waals surface area contributed by atoms with Gasteiger partial charge in [0.05, 0.1) is 24.3 Å². The third kappa shape index (κ3) is 3.61. The van der Waals surface area contributed by atoms with Crippen LogP contribution in [-0.4, -0.2) is 6.61 Å². The highest BCUT2D eigenvalue weighted by Gasteiger charge is 2.08. The average molecular weight is 276 g/mol. The fraction of sp³-hybridized carbons (Fsp3) is 0.222. The van der Waals surface area contributed by atoms with E-state index < -0.39 is 0 Å². The Labute approximate surface area is 125 Å².